The third-order valence-corrected chi connectivity index (χ3v) is 3.57. The minimum atomic E-state index is -0.969. The van der Waals surface area contributed by atoms with Crippen molar-refractivity contribution < 1.29 is 19.4 Å². The molecule has 0 saturated carbocycles. The van der Waals surface area contributed by atoms with Crippen molar-refractivity contribution in [2.75, 3.05) is 39.5 Å². The summed E-state index contributed by atoms with van der Waals surface area (Å²) in [4.78, 5) is 13.5. The molecule has 1 aromatic carbocycles. The SMILES string of the molecule is CC(C)(C)C#Cc1ccc(C(=O)O)cc1OCCN1CCOCC1. The van der Waals surface area contributed by atoms with E-state index in [4.69, 9.17) is 9.47 Å². The van der Waals surface area contributed by atoms with Gasteiger partial charge in [0.1, 0.15) is 12.4 Å². The van der Waals surface area contributed by atoms with Crippen molar-refractivity contribution in [1.82, 2.24) is 4.90 Å². The fourth-order valence-electron chi connectivity index (χ4n) is 2.24. The van der Waals surface area contributed by atoms with Crippen LogP contribution in [-0.2, 0) is 4.74 Å². The maximum absolute atomic E-state index is 11.2. The van der Waals surface area contributed by atoms with E-state index in [1.807, 2.05) is 20.8 Å². The van der Waals surface area contributed by atoms with Crippen LogP contribution < -0.4 is 4.74 Å². The van der Waals surface area contributed by atoms with Crippen LogP contribution in [0, 0.1) is 17.3 Å². The molecular formula is C19H25NO4. The van der Waals surface area contributed by atoms with Crippen LogP contribution in [0.4, 0.5) is 0 Å². The molecule has 130 valence electrons. The first-order valence-electron chi connectivity index (χ1n) is 8.18. The van der Waals surface area contributed by atoms with Gasteiger partial charge >= 0.3 is 5.97 Å². The van der Waals surface area contributed by atoms with Crippen molar-refractivity contribution in [3.8, 4) is 17.6 Å². The van der Waals surface area contributed by atoms with Crippen LogP contribution in [0.15, 0.2) is 18.2 Å². The molecule has 0 unspecified atom stereocenters. The summed E-state index contributed by atoms with van der Waals surface area (Å²) in [6.07, 6.45) is 0. The second kappa shape index (κ2) is 8.18. The molecular weight excluding hydrogens is 306 g/mol. The Morgan fingerprint density at radius 3 is 2.67 bits per heavy atom. The van der Waals surface area contributed by atoms with E-state index in [0.717, 1.165) is 38.4 Å². The molecule has 1 N–H and O–H groups in total. The van der Waals surface area contributed by atoms with Gasteiger partial charge in [-0.1, -0.05) is 11.8 Å². The number of hydrogen-bond donors (Lipinski definition) is 1. The predicted molar refractivity (Wildman–Crippen MR) is 92.5 cm³/mol. The lowest BCUT2D eigenvalue weighted by Crippen LogP contribution is -2.38. The van der Waals surface area contributed by atoms with Crippen molar-refractivity contribution in [3.63, 3.8) is 0 Å². The highest BCUT2D eigenvalue weighted by molar-refractivity contribution is 5.88. The minimum Gasteiger partial charge on any atom is -0.491 e. The molecule has 0 bridgehead atoms. The van der Waals surface area contributed by atoms with E-state index in [-0.39, 0.29) is 11.0 Å². The lowest BCUT2D eigenvalue weighted by atomic mass is 9.97. The van der Waals surface area contributed by atoms with E-state index in [0.29, 0.717) is 12.4 Å². The zero-order valence-corrected chi connectivity index (χ0v) is 14.6. The number of ether oxygens (including phenoxy) is 2. The third-order valence-electron chi connectivity index (χ3n) is 3.57. The van der Waals surface area contributed by atoms with Crippen molar-refractivity contribution in [2.45, 2.75) is 20.8 Å². The van der Waals surface area contributed by atoms with E-state index in [2.05, 4.69) is 16.7 Å². The Balaban J connectivity index is 2.09. The maximum atomic E-state index is 11.2. The molecule has 0 aromatic heterocycles. The molecule has 0 spiro atoms. The van der Waals surface area contributed by atoms with Crippen LogP contribution >= 0.6 is 0 Å². The molecule has 0 atom stereocenters. The molecule has 1 aromatic rings. The van der Waals surface area contributed by atoms with E-state index in [9.17, 15) is 9.90 Å². The van der Waals surface area contributed by atoms with E-state index < -0.39 is 5.97 Å². The van der Waals surface area contributed by atoms with Crippen LogP contribution in [-0.4, -0.2) is 55.4 Å². The maximum Gasteiger partial charge on any atom is 0.335 e. The van der Waals surface area contributed by atoms with Crippen molar-refractivity contribution in [1.29, 1.82) is 0 Å². The average Bonchev–Trinajstić information content (AvgIpc) is 2.53. The summed E-state index contributed by atoms with van der Waals surface area (Å²) in [5.74, 6) is 5.83. The Morgan fingerprint density at radius 2 is 2.04 bits per heavy atom. The van der Waals surface area contributed by atoms with Gasteiger partial charge in [0, 0.05) is 25.0 Å². The van der Waals surface area contributed by atoms with Gasteiger partial charge in [-0.05, 0) is 39.0 Å². The van der Waals surface area contributed by atoms with Gasteiger partial charge < -0.3 is 14.6 Å². The molecule has 5 nitrogen and oxygen atoms in total. The van der Waals surface area contributed by atoms with Crippen LogP contribution in [0.1, 0.15) is 36.7 Å². The highest BCUT2D eigenvalue weighted by atomic mass is 16.5. The van der Waals surface area contributed by atoms with Gasteiger partial charge in [-0.2, -0.15) is 0 Å². The summed E-state index contributed by atoms with van der Waals surface area (Å²) in [5.41, 5.74) is 0.797. The van der Waals surface area contributed by atoms with Crippen molar-refractivity contribution in [2.24, 2.45) is 5.41 Å². The summed E-state index contributed by atoms with van der Waals surface area (Å²) in [6.45, 7) is 10.7. The third kappa shape index (κ3) is 5.88. The Labute approximate surface area is 143 Å². The standard InChI is InChI=1S/C19H25NO4/c1-19(2,3)7-6-15-4-5-16(18(21)22)14-17(15)24-13-10-20-8-11-23-12-9-20/h4-5,14H,8-13H2,1-3H3,(H,21,22). The lowest BCUT2D eigenvalue weighted by molar-refractivity contribution is 0.0322. The number of carbonyl (C=O) groups is 1. The Bertz CT molecular complexity index is 631. The van der Waals surface area contributed by atoms with Gasteiger partial charge in [0.05, 0.1) is 24.3 Å². The quantitative estimate of drug-likeness (QED) is 0.840. The Kier molecular flexibility index (Phi) is 6.24. The number of hydrogen-bond acceptors (Lipinski definition) is 4. The first-order chi connectivity index (χ1) is 11.3. The minimum absolute atomic E-state index is 0.128. The number of morpholine rings is 1. The molecule has 1 fully saturated rings. The van der Waals surface area contributed by atoms with Crippen LogP contribution in [0.3, 0.4) is 0 Å². The molecule has 24 heavy (non-hydrogen) atoms. The van der Waals surface area contributed by atoms with Crippen LogP contribution in [0.2, 0.25) is 0 Å². The lowest BCUT2D eigenvalue weighted by Gasteiger charge is -2.26. The zero-order valence-electron chi connectivity index (χ0n) is 14.6. The van der Waals surface area contributed by atoms with Gasteiger partial charge in [0.25, 0.3) is 0 Å². The van der Waals surface area contributed by atoms with E-state index in [1.54, 1.807) is 18.2 Å². The largest absolute Gasteiger partial charge is 0.491 e. The molecule has 1 saturated heterocycles. The predicted octanol–water partition coefficient (Wildman–Crippen LogP) is 2.49. The summed E-state index contributed by atoms with van der Waals surface area (Å²) in [5, 5.41) is 9.17. The Hall–Kier alpha value is -2.03. The Morgan fingerprint density at radius 1 is 1.33 bits per heavy atom. The van der Waals surface area contributed by atoms with Gasteiger partial charge in [-0.15, -0.1) is 0 Å². The van der Waals surface area contributed by atoms with Crippen LogP contribution in [0.5, 0.6) is 5.75 Å². The molecule has 1 aliphatic rings. The molecule has 1 aliphatic heterocycles. The molecule has 0 radical (unpaired) electrons. The van der Waals surface area contributed by atoms with Gasteiger partial charge in [0.15, 0.2) is 0 Å². The number of rotatable bonds is 5. The zero-order chi connectivity index (χ0) is 17.6. The second-order valence-corrected chi connectivity index (χ2v) is 6.82. The number of benzene rings is 1. The number of carboxylic acids is 1. The monoisotopic (exact) mass is 331 g/mol. The van der Waals surface area contributed by atoms with E-state index in [1.165, 1.54) is 0 Å². The number of carboxylic acid groups (broad SMARTS) is 1. The molecule has 1 heterocycles. The smallest absolute Gasteiger partial charge is 0.335 e. The normalized spacial score (nSPS) is 15.5. The number of nitrogens with zero attached hydrogens (tertiary/aromatic N) is 1. The number of aromatic carboxylic acids is 1. The highest BCUT2D eigenvalue weighted by Gasteiger charge is 2.12. The fraction of sp³-hybridized carbons (Fsp3) is 0.526. The van der Waals surface area contributed by atoms with Crippen molar-refractivity contribution in [3.05, 3.63) is 29.3 Å². The van der Waals surface area contributed by atoms with Crippen molar-refractivity contribution >= 4 is 5.97 Å². The van der Waals surface area contributed by atoms with E-state index >= 15 is 0 Å². The van der Waals surface area contributed by atoms with Gasteiger partial charge in [-0.25, -0.2) is 4.79 Å². The molecule has 2 rings (SSSR count). The summed E-state index contributed by atoms with van der Waals surface area (Å²) < 4.78 is 11.2. The summed E-state index contributed by atoms with van der Waals surface area (Å²) >= 11 is 0. The molecule has 5 heteroatoms. The second-order valence-electron chi connectivity index (χ2n) is 6.82. The van der Waals surface area contributed by atoms with Crippen LogP contribution in [0.25, 0.3) is 0 Å². The topological polar surface area (TPSA) is 59.0 Å². The first kappa shape index (κ1) is 18.3. The van der Waals surface area contributed by atoms with Gasteiger partial charge in [0.2, 0.25) is 0 Å². The fourth-order valence-corrected chi connectivity index (χ4v) is 2.24. The molecule has 0 aliphatic carbocycles. The summed E-state index contributed by atoms with van der Waals surface area (Å²) in [7, 11) is 0. The first-order valence-corrected chi connectivity index (χ1v) is 8.18. The molecule has 0 amide bonds. The average molecular weight is 331 g/mol. The van der Waals surface area contributed by atoms with Gasteiger partial charge in [-0.3, -0.25) is 4.90 Å². The highest BCUT2D eigenvalue weighted by Crippen LogP contribution is 2.21. The summed E-state index contributed by atoms with van der Waals surface area (Å²) in [6, 6.07) is 4.82.